The predicted molar refractivity (Wildman–Crippen MR) is 67.8 cm³/mol. The number of piperidine rings is 2. The van der Waals surface area contributed by atoms with Gasteiger partial charge in [0.15, 0.2) is 0 Å². The second kappa shape index (κ2) is 5.19. The van der Waals surface area contributed by atoms with Gasteiger partial charge in [-0.15, -0.1) is 0 Å². The topological polar surface area (TPSA) is 33.1 Å². The van der Waals surface area contributed by atoms with Crippen LogP contribution in [0.4, 0.5) is 0 Å². The molecule has 1 N–H and O–H groups in total. The van der Waals surface area contributed by atoms with Crippen LogP contribution in [0.15, 0.2) is 18.5 Å². The highest BCUT2D eigenvalue weighted by molar-refractivity contribution is 4.88. The van der Waals surface area contributed by atoms with Crippen molar-refractivity contribution in [1.82, 2.24) is 20.0 Å². The fraction of sp³-hybridized carbons (Fsp3) is 0.769. The van der Waals surface area contributed by atoms with Crippen LogP contribution in [0.1, 0.15) is 19.3 Å². The van der Waals surface area contributed by atoms with E-state index in [1.807, 2.05) is 16.9 Å². The fourth-order valence-electron chi connectivity index (χ4n) is 3.20. The molecule has 0 bridgehead atoms. The minimum Gasteiger partial charge on any atom is -0.314 e. The van der Waals surface area contributed by atoms with E-state index in [2.05, 4.69) is 21.5 Å². The summed E-state index contributed by atoms with van der Waals surface area (Å²) in [6.07, 6.45) is 8.00. The molecule has 3 heterocycles. The minimum atomic E-state index is 0.796. The first-order valence-corrected chi connectivity index (χ1v) is 6.85. The average Bonchev–Trinajstić information content (AvgIpc) is 2.89. The van der Waals surface area contributed by atoms with E-state index in [9.17, 15) is 0 Å². The first-order chi connectivity index (χ1) is 8.42. The van der Waals surface area contributed by atoms with Crippen molar-refractivity contribution in [1.29, 1.82) is 0 Å². The van der Waals surface area contributed by atoms with E-state index in [1.54, 1.807) is 0 Å². The molecule has 0 amide bonds. The standard InChI is InChI=1S/C13H22N4/c1-3-12-11-16(8-4-13(12)14-5-1)9-10-17-7-2-6-15-17/h2,6-7,12-14H,1,3-5,8-11H2. The number of nitrogens with zero attached hydrogens (tertiary/aromatic N) is 3. The van der Waals surface area contributed by atoms with Gasteiger partial charge in [0, 0.05) is 31.5 Å². The van der Waals surface area contributed by atoms with Crippen LogP contribution in [0.3, 0.4) is 0 Å². The molecule has 3 rings (SSSR count). The molecule has 2 unspecified atom stereocenters. The zero-order valence-corrected chi connectivity index (χ0v) is 10.4. The summed E-state index contributed by atoms with van der Waals surface area (Å²) in [5, 5.41) is 7.93. The lowest BCUT2D eigenvalue weighted by Crippen LogP contribution is -2.52. The van der Waals surface area contributed by atoms with Gasteiger partial charge in [0.1, 0.15) is 0 Å². The third kappa shape index (κ3) is 2.69. The number of hydrogen-bond acceptors (Lipinski definition) is 3. The van der Waals surface area contributed by atoms with Gasteiger partial charge in [-0.05, 0) is 44.3 Å². The maximum absolute atomic E-state index is 4.26. The highest BCUT2D eigenvalue weighted by Crippen LogP contribution is 2.24. The Balaban J connectivity index is 1.48. The number of rotatable bonds is 3. The first-order valence-electron chi connectivity index (χ1n) is 6.85. The number of fused-ring (bicyclic) bond motifs is 1. The van der Waals surface area contributed by atoms with Gasteiger partial charge < -0.3 is 10.2 Å². The molecule has 0 spiro atoms. The lowest BCUT2D eigenvalue weighted by atomic mass is 9.85. The SMILES string of the molecule is c1cnn(CCN2CCC3NCCCC3C2)c1. The summed E-state index contributed by atoms with van der Waals surface area (Å²) in [4.78, 5) is 2.61. The van der Waals surface area contributed by atoms with E-state index in [0.29, 0.717) is 0 Å². The molecule has 17 heavy (non-hydrogen) atoms. The average molecular weight is 234 g/mol. The highest BCUT2D eigenvalue weighted by atomic mass is 15.3. The summed E-state index contributed by atoms with van der Waals surface area (Å²) >= 11 is 0. The van der Waals surface area contributed by atoms with Gasteiger partial charge in [0.2, 0.25) is 0 Å². The molecule has 0 radical (unpaired) electrons. The van der Waals surface area contributed by atoms with E-state index in [-0.39, 0.29) is 0 Å². The Kier molecular flexibility index (Phi) is 3.43. The molecule has 0 aromatic carbocycles. The molecule has 4 nitrogen and oxygen atoms in total. The zero-order valence-electron chi connectivity index (χ0n) is 10.4. The number of hydrogen-bond donors (Lipinski definition) is 1. The van der Waals surface area contributed by atoms with Gasteiger partial charge in [-0.1, -0.05) is 0 Å². The summed E-state index contributed by atoms with van der Waals surface area (Å²) < 4.78 is 2.03. The van der Waals surface area contributed by atoms with E-state index < -0.39 is 0 Å². The summed E-state index contributed by atoms with van der Waals surface area (Å²) in [5.41, 5.74) is 0. The van der Waals surface area contributed by atoms with E-state index in [4.69, 9.17) is 0 Å². The molecule has 94 valence electrons. The molecule has 0 aliphatic carbocycles. The van der Waals surface area contributed by atoms with Crippen molar-refractivity contribution in [3.8, 4) is 0 Å². The monoisotopic (exact) mass is 234 g/mol. The third-order valence-corrected chi connectivity index (χ3v) is 4.18. The molecule has 2 fully saturated rings. The summed E-state index contributed by atoms with van der Waals surface area (Å²) in [6, 6.07) is 2.79. The van der Waals surface area contributed by atoms with E-state index >= 15 is 0 Å². The van der Waals surface area contributed by atoms with Crippen LogP contribution < -0.4 is 5.32 Å². The summed E-state index contributed by atoms with van der Waals surface area (Å²) in [5.74, 6) is 0.884. The molecular weight excluding hydrogens is 212 g/mol. The quantitative estimate of drug-likeness (QED) is 0.845. The lowest BCUT2D eigenvalue weighted by molar-refractivity contribution is 0.110. The van der Waals surface area contributed by atoms with E-state index in [0.717, 1.165) is 25.0 Å². The predicted octanol–water partition coefficient (Wildman–Crippen LogP) is 0.957. The van der Waals surface area contributed by atoms with Crippen molar-refractivity contribution in [2.24, 2.45) is 5.92 Å². The Morgan fingerprint density at radius 3 is 3.18 bits per heavy atom. The normalized spacial score (nSPS) is 30.1. The van der Waals surface area contributed by atoms with Crippen LogP contribution in [-0.4, -0.2) is 46.9 Å². The Morgan fingerprint density at radius 2 is 2.29 bits per heavy atom. The second-order valence-electron chi connectivity index (χ2n) is 5.32. The Bertz CT molecular complexity index is 335. The molecule has 4 heteroatoms. The molecular formula is C13H22N4. The number of likely N-dealkylation sites (tertiary alicyclic amines) is 1. The van der Waals surface area contributed by atoms with Crippen molar-refractivity contribution < 1.29 is 0 Å². The molecule has 1 aromatic heterocycles. The largest absolute Gasteiger partial charge is 0.314 e. The molecule has 2 atom stereocenters. The molecule has 2 saturated heterocycles. The lowest BCUT2D eigenvalue weighted by Gasteiger charge is -2.41. The Morgan fingerprint density at radius 1 is 1.29 bits per heavy atom. The van der Waals surface area contributed by atoms with Gasteiger partial charge in [0.25, 0.3) is 0 Å². The van der Waals surface area contributed by atoms with Crippen LogP contribution in [0.2, 0.25) is 0 Å². The maximum Gasteiger partial charge on any atom is 0.0536 e. The highest BCUT2D eigenvalue weighted by Gasteiger charge is 2.30. The minimum absolute atomic E-state index is 0.796. The van der Waals surface area contributed by atoms with Crippen molar-refractivity contribution in [2.45, 2.75) is 31.8 Å². The fourth-order valence-corrected chi connectivity index (χ4v) is 3.20. The van der Waals surface area contributed by atoms with Gasteiger partial charge in [-0.3, -0.25) is 4.68 Å². The zero-order chi connectivity index (χ0) is 11.5. The summed E-state index contributed by atoms with van der Waals surface area (Å²) in [7, 11) is 0. The smallest absolute Gasteiger partial charge is 0.0536 e. The number of aromatic nitrogens is 2. The van der Waals surface area contributed by atoms with Crippen LogP contribution in [0, 0.1) is 5.92 Å². The third-order valence-electron chi connectivity index (χ3n) is 4.18. The van der Waals surface area contributed by atoms with Crippen molar-refractivity contribution in [3.05, 3.63) is 18.5 Å². The van der Waals surface area contributed by atoms with Crippen molar-refractivity contribution in [2.75, 3.05) is 26.2 Å². The van der Waals surface area contributed by atoms with Gasteiger partial charge in [0.05, 0.1) is 6.54 Å². The van der Waals surface area contributed by atoms with Crippen LogP contribution in [-0.2, 0) is 6.54 Å². The second-order valence-corrected chi connectivity index (χ2v) is 5.32. The molecule has 2 aliphatic rings. The van der Waals surface area contributed by atoms with Gasteiger partial charge >= 0.3 is 0 Å². The molecule has 1 aromatic rings. The Labute approximate surface area is 103 Å². The van der Waals surface area contributed by atoms with Crippen molar-refractivity contribution >= 4 is 0 Å². The first kappa shape index (κ1) is 11.2. The molecule has 0 saturated carbocycles. The van der Waals surface area contributed by atoms with Crippen LogP contribution in [0.25, 0.3) is 0 Å². The van der Waals surface area contributed by atoms with Crippen LogP contribution in [0.5, 0.6) is 0 Å². The Hall–Kier alpha value is -0.870. The van der Waals surface area contributed by atoms with Gasteiger partial charge in [-0.2, -0.15) is 5.10 Å². The van der Waals surface area contributed by atoms with Crippen LogP contribution >= 0.6 is 0 Å². The summed E-state index contributed by atoms with van der Waals surface area (Å²) in [6.45, 7) is 5.92. The molecule has 2 aliphatic heterocycles. The van der Waals surface area contributed by atoms with E-state index in [1.165, 1.54) is 38.9 Å². The maximum atomic E-state index is 4.26. The number of nitrogens with one attached hydrogen (secondary N) is 1. The van der Waals surface area contributed by atoms with Crippen molar-refractivity contribution in [3.63, 3.8) is 0 Å². The van der Waals surface area contributed by atoms with Gasteiger partial charge in [-0.25, -0.2) is 0 Å².